The van der Waals surface area contributed by atoms with Gasteiger partial charge < -0.3 is 5.73 Å². The van der Waals surface area contributed by atoms with Gasteiger partial charge in [0.05, 0.1) is 16.0 Å². The van der Waals surface area contributed by atoms with Crippen LogP contribution in [0.25, 0.3) is 10.8 Å². The van der Waals surface area contributed by atoms with E-state index in [1.807, 2.05) is 0 Å². The first-order valence-corrected chi connectivity index (χ1v) is 6.19. The van der Waals surface area contributed by atoms with E-state index in [4.69, 9.17) is 10.3 Å². The number of nitrogens with two attached hydrogens (primary N) is 1. The van der Waals surface area contributed by atoms with Crippen LogP contribution in [0, 0.1) is 10.1 Å². The summed E-state index contributed by atoms with van der Waals surface area (Å²) in [4.78, 5) is 9.68. The van der Waals surface area contributed by atoms with E-state index >= 15 is 0 Å². The molecule has 0 amide bonds. The first-order chi connectivity index (χ1) is 8.32. The molecule has 0 saturated heterocycles. The summed E-state index contributed by atoms with van der Waals surface area (Å²) in [6, 6.07) is 6.47. The molecule has 2 rings (SSSR count). The Morgan fingerprint density at radius 2 is 1.83 bits per heavy atom. The van der Waals surface area contributed by atoms with E-state index in [2.05, 4.69) is 0 Å². The van der Waals surface area contributed by atoms with Crippen molar-refractivity contribution in [1.29, 1.82) is 0 Å². The highest BCUT2D eigenvalue weighted by molar-refractivity contribution is 7.86. The number of nitrogens with zero attached hydrogens (tertiary/aromatic N) is 1. The molecular formula is C10H8N2O5S. The topological polar surface area (TPSA) is 124 Å². The smallest absolute Gasteiger partial charge is 0.297 e. The molecule has 0 aliphatic heterocycles. The first-order valence-electron chi connectivity index (χ1n) is 4.75. The summed E-state index contributed by atoms with van der Waals surface area (Å²) in [6.07, 6.45) is 0. The fourth-order valence-corrected chi connectivity index (χ4v) is 2.60. The number of benzene rings is 2. The molecule has 3 N–H and O–H groups in total. The number of rotatable bonds is 2. The lowest BCUT2D eigenvalue weighted by atomic mass is 10.1. The minimum Gasteiger partial charge on any atom is -0.398 e. The van der Waals surface area contributed by atoms with Gasteiger partial charge in [-0.05, 0) is 12.1 Å². The number of nitro groups is 1. The standard InChI is InChI=1S/C10H8N2O5S/c11-8-5-4-6-7(10(8)18(15,16)17)2-1-3-9(6)12(13)14/h1-5H,11H2,(H,15,16,17). The number of non-ortho nitro benzene ring substituents is 1. The van der Waals surface area contributed by atoms with Crippen molar-refractivity contribution in [1.82, 2.24) is 0 Å². The van der Waals surface area contributed by atoms with Gasteiger partial charge in [-0.15, -0.1) is 0 Å². The van der Waals surface area contributed by atoms with Gasteiger partial charge in [0.2, 0.25) is 0 Å². The normalized spacial score (nSPS) is 11.6. The molecule has 0 fully saturated rings. The lowest BCUT2D eigenvalue weighted by Crippen LogP contribution is -2.04. The molecular weight excluding hydrogens is 260 g/mol. The lowest BCUT2D eigenvalue weighted by molar-refractivity contribution is -0.383. The second-order valence-corrected chi connectivity index (χ2v) is 4.95. The molecule has 7 nitrogen and oxygen atoms in total. The molecule has 0 aliphatic rings. The molecule has 0 unspecified atom stereocenters. The maximum atomic E-state index is 11.3. The van der Waals surface area contributed by atoms with Crippen LogP contribution < -0.4 is 5.73 Å². The number of hydrogen-bond donors (Lipinski definition) is 2. The van der Waals surface area contributed by atoms with Crippen LogP contribution in [0.4, 0.5) is 11.4 Å². The van der Waals surface area contributed by atoms with Crippen molar-refractivity contribution in [2.24, 2.45) is 0 Å². The Balaban J connectivity index is 3.01. The van der Waals surface area contributed by atoms with Crippen molar-refractivity contribution in [3.8, 4) is 0 Å². The van der Waals surface area contributed by atoms with Gasteiger partial charge >= 0.3 is 0 Å². The van der Waals surface area contributed by atoms with E-state index in [9.17, 15) is 18.5 Å². The van der Waals surface area contributed by atoms with Crippen LogP contribution in [0.2, 0.25) is 0 Å². The van der Waals surface area contributed by atoms with Gasteiger partial charge in [0.1, 0.15) is 4.90 Å². The second kappa shape index (κ2) is 3.93. The van der Waals surface area contributed by atoms with E-state index in [1.165, 1.54) is 30.3 Å². The highest BCUT2D eigenvalue weighted by atomic mass is 32.2. The van der Waals surface area contributed by atoms with Gasteiger partial charge in [-0.2, -0.15) is 8.42 Å². The van der Waals surface area contributed by atoms with Crippen LogP contribution in [0.3, 0.4) is 0 Å². The Labute approximate surface area is 102 Å². The molecule has 0 heterocycles. The Hall–Kier alpha value is -2.19. The molecule has 0 bridgehead atoms. The number of nitro benzene ring substituents is 1. The van der Waals surface area contributed by atoms with Gasteiger partial charge in [-0.1, -0.05) is 12.1 Å². The van der Waals surface area contributed by atoms with Crippen LogP contribution in [-0.2, 0) is 10.1 Å². The third-order valence-corrected chi connectivity index (χ3v) is 3.45. The van der Waals surface area contributed by atoms with E-state index in [0.717, 1.165) is 0 Å². The molecule has 2 aromatic carbocycles. The lowest BCUT2D eigenvalue weighted by Gasteiger charge is -2.07. The summed E-state index contributed by atoms with van der Waals surface area (Å²) in [5, 5.41) is 10.9. The van der Waals surface area contributed by atoms with E-state index in [-0.39, 0.29) is 22.1 Å². The molecule has 18 heavy (non-hydrogen) atoms. The fourth-order valence-electron chi connectivity index (χ4n) is 1.78. The minimum atomic E-state index is -4.55. The van der Waals surface area contributed by atoms with Crippen LogP contribution in [0.1, 0.15) is 0 Å². The molecule has 0 radical (unpaired) electrons. The minimum absolute atomic E-state index is 0.0201. The largest absolute Gasteiger partial charge is 0.398 e. The molecule has 94 valence electrons. The van der Waals surface area contributed by atoms with Crippen LogP contribution in [0.5, 0.6) is 0 Å². The van der Waals surface area contributed by atoms with Gasteiger partial charge in [0.25, 0.3) is 15.8 Å². The molecule has 0 spiro atoms. The predicted molar refractivity (Wildman–Crippen MR) is 64.8 cm³/mol. The predicted octanol–water partition coefficient (Wildman–Crippen LogP) is 1.58. The number of nitrogen functional groups attached to an aromatic ring is 1. The van der Waals surface area contributed by atoms with Crippen LogP contribution >= 0.6 is 0 Å². The summed E-state index contributed by atoms with van der Waals surface area (Å²) < 4.78 is 31.6. The van der Waals surface area contributed by atoms with Gasteiger partial charge in [0.15, 0.2) is 0 Å². The van der Waals surface area contributed by atoms with Crippen LogP contribution in [-0.4, -0.2) is 17.9 Å². The summed E-state index contributed by atoms with van der Waals surface area (Å²) in [5.41, 5.74) is 5.08. The number of hydrogen-bond acceptors (Lipinski definition) is 5. The highest BCUT2D eigenvalue weighted by Crippen LogP contribution is 2.33. The molecule has 0 aliphatic carbocycles. The molecule has 0 aromatic heterocycles. The summed E-state index contributed by atoms with van der Waals surface area (Å²) in [6.45, 7) is 0. The Morgan fingerprint density at radius 3 is 2.39 bits per heavy atom. The first kappa shape index (κ1) is 12.3. The SMILES string of the molecule is Nc1ccc2c([N+](=O)[O-])cccc2c1S(=O)(=O)O. The molecule has 0 atom stereocenters. The zero-order valence-electron chi connectivity index (χ0n) is 8.90. The van der Waals surface area contributed by atoms with Gasteiger partial charge in [-0.3, -0.25) is 14.7 Å². The third kappa shape index (κ3) is 1.87. The number of fused-ring (bicyclic) bond motifs is 1. The van der Waals surface area contributed by atoms with Gasteiger partial charge in [-0.25, -0.2) is 0 Å². The Kier molecular flexibility index (Phi) is 2.68. The van der Waals surface area contributed by atoms with Crippen molar-refractivity contribution >= 4 is 32.3 Å². The summed E-state index contributed by atoms with van der Waals surface area (Å²) in [7, 11) is -4.55. The maximum absolute atomic E-state index is 11.3. The zero-order chi connectivity index (χ0) is 13.5. The van der Waals surface area contributed by atoms with Crippen molar-refractivity contribution in [2.75, 3.05) is 5.73 Å². The van der Waals surface area contributed by atoms with Gasteiger partial charge in [0, 0.05) is 11.5 Å². The zero-order valence-corrected chi connectivity index (χ0v) is 9.72. The molecule has 2 aromatic rings. The second-order valence-electron chi connectivity index (χ2n) is 3.59. The van der Waals surface area contributed by atoms with Crippen molar-refractivity contribution in [3.63, 3.8) is 0 Å². The van der Waals surface area contributed by atoms with E-state index < -0.39 is 19.9 Å². The quantitative estimate of drug-likeness (QED) is 0.369. The van der Waals surface area contributed by atoms with Crippen molar-refractivity contribution in [2.45, 2.75) is 4.90 Å². The van der Waals surface area contributed by atoms with E-state index in [0.29, 0.717) is 0 Å². The summed E-state index contributed by atoms with van der Waals surface area (Å²) >= 11 is 0. The van der Waals surface area contributed by atoms with Crippen molar-refractivity contribution in [3.05, 3.63) is 40.4 Å². The van der Waals surface area contributed by atoms with Crippen molar-refractivity contribution < 1.29 is 17.9 Å². The average molecular weight is 268 g/mol. The monoisotopic (exact) mass is 268 g/mol. The number of anilines is 1. The molecule has 8 heteroatoms. The molecule has 0 saturated carbocycles. The Morgan fingerprint density at radius 1 is 1.17 bits per heavy atom. The van der Waals surface area contributed by atoms with Crippen LogP contribution in [0.15, 0.2) is 35.2 Å². The highest BCUT2D eigenvalue weighted by Gasteiger charge is 2.21. The fraction of sp³-hybridized carbons (Fsp3) is 0. The average Bonchev–Trinajstić information content (AvgIpc) is 2.25. The van der Waals surface area contributed by atoms with E-state index in [1.54, 1.807) is 0 Å². The maximum Gasteiger partial charge on any atom is 0.297 e. The third-order valence-electron chi connectivity index (χ3n) is 2.47. The Bertz CT molecular complexity index is 754. The summed E-state index contributed by atoms with van der Waals surface area (Å²) in [5.74, 6) is 0.